The molecule has 0 aliphatic carbocycles. The standard InChI is InChI=1S/C77H130O6/c1-4-7-10-13-16-19-22-25-27-29-30-31-32-33-34-35-36-37-38-39-40-41-42-43-44-45-46-48-49-52-55-58-61-64-67-70-76(79)82-73-74(72-81-75(78)69-66-63-60-57-54-51-24-21-18-15-12-9-6-3)83-77(80)71-68-65-62-59-56-53-50-47-28-26-23-20-17-14-11-8-5-2/h7,10,16-17,19-21,24-28,30-31,33-34,36-37,39-40,74H,4-6,8-9,11-15,18,22-23,29,32,35,38,41-73H2,1-3H3/b10-7-,19-16-,20-17-,24-21-,27-25-,28-26-,31-30-,34-33-,37-36-,40-39-. The SMILES string of the molecule is CC/C=C\C/C=C\C/C=C\C/C=C\C/C=C\C/C=C\C/C=C\CCCCCCCCCCCCCCCC(=O)OCC(COC(=O)CCCCCCC/C=C\CCCCCC)OC(=O)CCCCCCCCC/C=C\C/C=C\CCCCC. The largest absolute Gasteiger partial charge is 0.462 e. The fourth-order valence-electron chi connectivity index (χ4n) is 9.68. The summed E-state index contributed by atoms with van der Waals surface area (Å²) in [4.78, 5) is 38.4. The molecule has 0 spiro atoms. The van der Waals surface area contributed by atoms with Crippen LogP contribution >= 0.6 is 0 Å². The van der Waals surface area contributed by atoms with Crippen LogP contribution in [0.4, 0.5) is 0 Å². The number of allylic oxidation sites excluding steroid dienone is 20. The molecule has 0 bridgehead atoms. The van der Waals surface area contributed by atoms with E-state index in [4.69, 9.17) is 14.2 Å². The molecule has 0 saturated heterocycles. The fraction of sp³-hybridized carbons (Fsp3) is 0.701. The van der Waals surface area contributed by atoms with Crippen molar-refractivity contribution in [3.8, 4) is 0 Å². The summed E-state index contributed by atoms with van der Waals surface area (Å²) < 4.78 is 16.9. The maximum absolute atomic E-state index is 12.9. The van der Waals surface area contributed by atoms with E-state index in [-0.39, 0.29) is 31.1 Å². The predicted molar refractivity (Wildman–Crippen MR) is 362 cm³/mol. The first kappa shape index (κ1) is 78.8. The fourth-order valence-corrected chi connectivity index (χ4v) is 9.68. The Kier molecular flexibility index (Phi) is 66.7. The molecule has 0 saturated carbocycles. The molecule has 0 amide bonds. The Bertz CT molecular complexity index is 1700. The molecule has 6 heteroatoms. The Labute approximate surface area is 513 Å². The number of carbonyl (C=O) groups excluding carboxylic acids is 3. The first-order valence-electron chi connectivity index (χ1n) is 35.0. The van der Waals surface area contributed by atoms with E-state index in [9.17, 15) is 14.4 Å². The Morgan fingerprint density at radius 1 is 0.253 bits per heavy atom. The minimum absolute atomic E-state index is 0.0837. The minimum Gasteiger partial charge on any atom is -0.462 e. The first-order chi connectivity index (χ1) is 41.0. The Balaban J connectivity index is 4.21. The highest BCUT2D eigenvalue weighted by Crippen LogP contribution is 2.16. The van der Waals surface area contributed by atoms with Crippen LogP contribution in [0, 0.1) is 0 Å². The molecule has 0 N–H and O–H groups in total. The lowest BCUT2D eigenvalue weighted by Gasteiger charge is -2.18. The molecule has 0 rings (SSSR count). The summed E-state index contributed by atoms with van der Waals surface area (Å²) in [6.07, 6.45) is 97.9. The van der Waals surface area contributed by atoms with E-state index in [0.29, 0.717) is 19.3 Å². The maximum atomic E-state index is 12.9. The number of hydrogen-bond acceptors (Lipinski definition) is 6. The lowest BCUT2D eigenvalue weighted by atomic mass is 10.0. The predicted octanol–water partition coefficient (Wildman–Crippen LogP) is 24.3. The molecule has 6 nitrogen and oxygen atoms in total. The second kappa shape index (κ2) is 70.3. The smallest absolute Gasteiger partial charge is 0.306 e. The molecule has 1 atom stereocenters. The van der Waals surface area contributed by atoms with Crippen molar-refractivity contribution in [3.05, 3.63) is 122 Å². The van der Waals surface area contributed by atoms with Crippen molar-refractivity contribution < 1.29 is 28.6 Å². The lowest BCUT2D eigenvalue weighted by Crippen LogP contribution is -2.30. The summed E-state index contributed by atoms with van der Waals surface area (Å²) in [5.74, 6) is -0.892. The summed E-state index contributed by atoms with van der Waals surface area (Å²) in [5.41, 5.74) is 0. The van der Waals surface area contributed by atoms with Gasteiger partial charge >= 0.3 is 17.9 Å². The van der Waals surface area contributed by atoms with Gasteiger partial charge in [-0.15, -0.1) is 0 Å². The summed E-state index contributed by atoms with van der Waals surface area (Å²) in [7, 11) is 0. The summed E-state index contributed by atoms with van der Waals surface area (Å²) in [6.45, 7) is 6.49. The van der Waals surface area contributed by atoms with Gasteiger partial charge in [-0.3, -0.25) is 14.4 Å². The van der Waals surface area contributed by atoms with Crippen LogP contribution in [0.5, 0.6) is 0 Å². The normalized spacial score (nSPS) is 12.9. The van der Waals surface area contributed by atoms with Gasteiger partial charge in [-0.2, -0.15) is 0 Å². The van der Waals surface area contributed by atoms with Crippen LogP contribution < -0.4 is 0 Å². The monoisotopic (exact) mass is 1150 g/mol. The number of carbonyl (C=O) groups is 3. The van der Waals surface area contributed by atoms with Crippen LogP contribution in [0.15, 0.2) is 122 Å². The zero-order valence-corrected chi connectivity index (χ0v) is 54.4. The second-order valence-corrected chi connectivity index (χ2v) is 23.1. The van der Waals surface area contributed by atoms with Gasteiger partial charge in [-0.25, -0.2) is 0 Å². The van der Waals surface area contributed by atoms with Crippen molar-refractivity contribution in [3.63, 3.8) is 0 Å². The molecule has 1 unspecified atom stereocenters. The van der Waals surface area contributed by atoms with E-state index in [1.807, 2.05) is 0 Å². The maximum Gasteiger partial charge on any atom is 0.306 e. The van der Waals surface area contributed by atoms with E-state index in [1.165, 1.54) is 167 Å². The first-order valence-corrected chi connectivity index (χ1v) is 35.0. The topological polar surface area (TPSA) is 78.9 Å². The van der Waals surface area contributed by atoms with Crippen LogP contribution in [0.1, 0.15) is 329 Å². The minimum atomic E-state index is -0.788. The number of unbranched alkanes of at least 4 members (excludes halogenated alkanes) is 32. The van der Waals surface area contributed by atoms with E-state index >= 15 is 0 Å². The molecular weight excluding hydrogens is 1020 g/mol. The Hall–Kier alpha value is -4.19. The number of ether oxygens (including phenoxy) is 3. The molecular formula is C77H130O6. The lowest BCUT2D eigenvalue weighted by molar-refractivity contribution is -0.167. The third-order valence-corrected chi connectivity index (χ3v) is 14.9. The molecule has 0 aromatic rings. The quantitative estimate of drug-likeness (QED) is 0.0261. The highest BCUT2D eigenvalue weighted by atomic mass is 16.6. The summed E-state index contributed by atoms with van der Waals surface area (Å²) in [5, 5.41) is 0. The van der Waals surface area contributed by atoms with E-state index in [0.717, 1.165) is 122 Å². The van der Waals surface area contributed by atoms with Crippen LogP contribution in [0.3, 0.4) is 0 Å². The third-order valence-electron chi connectivity index (χ3n) is 14.9. The zero-order chi connectivity index (χ0) is 59.9. The van der Waals surface area contributed by atoms with Crippen molar-refractivity contribution in [1.29, 1.82) is 0 Å². The second-order valence-electron chi connectivity index (χ2n) is 23.1. The average Bonchev–Trinajstić information content (AvgIpc) is 3.49. The molecule has 0 aromatic heterocycles. The van der Waals surface area contributed by atoms with Gasteiger partial charge < -0.3 is 14.2 Å². The molecule has 0 aromatic carbocycles. The van der Waals surface area contributed by atoms with Gasteiger partial charge in [-0.05, 0) is 135 Å². The van der Waals surface area contributed by atoms with E-state index < -0.39 is 6.10 Å². The zero-order valence-electron chi connectivity index (χ0n) is 54.4. The Morgan fingerprint density at radius 3 is 0.771 bits per heavy atom. The molecule has 83 heavy (non-hydrogen) atoms. The van der Waals surface area contributed by atoms with Gasteiger partial charge in [0.05, 0.1) is 0 Å². The summed E-state index contributed by atoms with van der Waals surface area (Å²) >= 11 is 0. The number of esters is 3. The van der Waals surface area contributed by atoms with Gasteiger partial charge in [-0.1, -0.05) is 296 Å². The van der Waals surface area contributed by atoms with E-state index in [1.54, 1.807) is 0 Å². The van der Waals surface area contributed by atoms with Crippen molar-refractivity contribution >= 4 is 17.9 Å². The van der Waals surface area contributed by atoms with Crippen molar-refractivity contribution in [1.82, 2.24) is 0 Å². The van der Waals surface area contributed by atoms with Crippen LogP contribution in [-0.4, -0.2) is 37.2 Å². The molecule has 0 aliphatic rings. The van der Waals surface area contributed by atoms with Crippen LogP contribution in [0.25, 0.3) is 0 Å². The number of hydrogen-bond donors (Lipinski definition) is 0. The van der Waals surface area contributed by atoms with E-state index in [2.05, 4.69) is 142 Å². The molecule has 0 radical (unpaired) electrons. The van der Waals surface area contributed by atoms with Gasteiger partial charge in [0, 0.05) is 19.3 Å². The van der Waals surface area contributed by atoms with Crippen LogP contribution in [-0.2, 0) is 28.6 Å². The Morgan fingerprint density at radius 2 is 0.470 bits per heavy atom. The average molecular weight is 1150 g/mol. The number of rotatable bonds is 63. The van der Waals surface area contributed by atoms with Crippen molar-refractivity contribution in [2.24, 2.45) is 0 Å². The molecule has 474 valence electrons. The third kappa shape index (κ3) is 68.5. The highest BCUT2D eigenvalue weighted by Gasteiger charge is 2.19. The molecule has 0 fully saturated rings. The van der Waals surface area contributed by atoms with Gasteiger partial charge in [0.1, 0.15) is 13.2 Å². The van der Waals surface area contributed by atoms with Gasteiger partial charge in [0.15, 0.2) is 6.10 Å². The van der Waals surface area contributed by atoms with Crippen molar-refractivity contribution in [2.45, 2.75) is 335 Å². The van der Waals surface area contributed by atoms with Crippen molar-refractivity contribution in [2.75, 3.05) is 13.2 Å². The van der Waals surface area contributed by atoms with Crippen LogP contribution in [0.2, 0.25) is 0 Å². The van der Waals surface area contributed by atoms with Gasteiger partial charge in [0.2, 0.25) is 0 Å². The summed E-state index contributed by atoms with van der Waals surface area (Å²) in [6, 6.07) is 0. The van der Waals surface area contributed by atoms with Gasteiger partial charge in [0.25, 0.3) is 0 Å². The molecule has 0 aliphatic heterocycles. The molecule has 0 heterocycles. The highest BCUT2D eigenvalue weighted by molar-refractivity contribution is 5.71.